The Hall–Kier alpha value is -8.16. The van der Waals surface area contributed by atoms with Gasteiger partial charge in [-0.1, -0.05) is 178 Å². The van der Waals surface area contributed by atoms with Crippen LogP contribution in [0.1, 0.15) is 116 Å². The van der Waals surface area contributed by atoms with Gasteiger partial charge in [-0.2, -0.15) is 0 Å². The summed E-state index contributed by atoms with van der Waals surface area (Å²) in [6.07, 6.45) is 1.82. The van der Waals surface area contributed by atoms with Crippen molar-refractivity contribution in [2.24, 2.45) is 0 Å². The van der Waals surface area contributed by atoms with Gasteiger partial charge in [0.2, 0.25) is 0 Å². The van der Waals surface area contributed by atoms with Crippen molar-refractivity contribution >= 4 is 100 Å². The Morgan fingerprint density at radius 1 is 0.523 bits per heavy atom. The first-order chi connectivity index (χ1) is 40.4. The summed E-state index contributed by atoms with van der Waals surface area (Å²) >= 11 is 0. The minimum Gasteiger partial charge on any atom is -0.333 e. The van der Waals surface area contributed by atoms with E-state index in [1.807, 2.05) is 26.1 Å². The molecule has 0 amide bonds. The van der Waals surface area contributed by atoms with Crippen LogP contribution in [0.15, 0.2) is 176 Å². The van der Waals surface area contributed by atoms with Gasteiger partial charge >= 0.3 is 0 Å². The molecule has 429 valence electrons. The number of halogens is 1. The van der Waals surface area contributed by atoms with Gasteiger partial charge in [0.25, 0.3) is 6.71 Å². The first-order valence-corrected chi connectivity index (χ1v) is 30.0. The molecule has 13 aromatic rings. The van der Waals surface area contributed by atoms with Gasteiger partial charge in [-0.15, -0.1) is 48.0 Å². The maximum atomic E-state index is 12.7. The zero-order valence-corrected chi connectivity index (χ0v) is 54.2. The predicted octanol–water partition coefficient (Wildman–Crippen LogP) is 18.5. The second-order valence-electron chi connectivity index (χ2n) is 28.0. The zero-order chi connectivity index (χ0) is 59.4. The van der Waals surface area contributed by atoms with Crippen LogP contribution in [0.2, 0.25) is 0 Å². The Bertz CT molecular complexity index is 4910. The standard InChI is InChI=1S/C65H60BN4.C13H11FN.Ir/c1-62(2,3)39-24-28-43(29-25-39)68-54-31-27-41(64(7,8)9)36-49(54)66-50-37-42(65(10,11)12)35-48-47-34-40(63(4,5)6)26-30-53(47)69(60(48)50)57-33-38(32-56(68)59(57)66)44-19-17-20-46-58(44)45-18-13-15-22-52(45)70-55-23-16-14-21-51(55)67-61(46)70;1-9-7-13(15-8-10(9)2)11-3-5-12(14)6-4-11;/h13-19,21-37H,1-12H3;3,5-8H,1-2H3;/q2*-1;. The van der Waals surface area contributed by atoms with Crippen molar-refractivity contribution in [1.82, 2.24) is 18.9 Å². The molecule has 0 bridgehead atoms. The molecule has 4 aromatic heterocycles. The van der Waals surface area contributed by atoms with Crippen molar-refractivity contribution in [3.05, 3.63) is 227 Å². The van der Waals surface area contributed by atoms with Crippen molar-refractivity contribution in [2.45, 2.75) is 119 Å². The van der Waals surface area contributed by atoms with Gasteiger partial charge in [0, 0.05) is 76.7 Å². The number of nitrogens with zero attached hydrogens (tertiary/aromatic N) is 5. The molecule has 2 aliphatic heterocycles. The number of imidazole rings is 1. The van der Waals surface area contributed by atoms with E-state index in [9.17, 15) is 4.39 Å². The summed E-state index contributed by atoms with van der Waals surface area (Å²) in [4.78, 5) is 12.2. The number of benzene rings is 9. The Labute approximate surface area is 519 Å². The predicted molar refractivity (Wildman–Crippen MR) is 358 cm³/mol. The number of para-hydroxylation sites is 3. The van der Waals surface area contributed by atoms with E-state index < -0.39 is 0 Å². The normalized spacial score (nSPS) is 13.2. The molecular weight excluding hydrogens is 1230 g/mol. The van der Waals surface area contributed by atoms with Crippen LogP contribution in [0.25, 0.3) is 88.2 Å². The third-order valence-electron chi connectivity index (χ3n) is 18.2. The summed E-state index contributed by atoms with van der Waals surface area (Å²) in [6, 6.07) is 68.9. The molecule has 0 spiro atoms. The number of aromatic nitrogens is 4. The Morgan fingerprint density at radius 3 is 1.86 bits per heavy atom. The number of rotatable bonds is 3. The fourth-order valence-electron chi connectivity index (χ4n) is 13.3. The first kappa shape index (κ1) is 56.9. The van der Waals surface area contributed by atoms with Crippen LogP contribution >= 0.6 is 0 Å². The van der Waals surface area contributed by atoms with Crippen molar-refractivity contribution in [1.29, 1.82) is 0 Å². The molecule has 8 heteroatoms. The molecule has 6 heterocycles. The number of hydrogen-bond donors (Lipinski definition) is 0. The molecular formula is C78H71BFIrN5-2. The van der Waals surface area contributed by atoms with Gasteiger partial charge in [-0.3, -0.25) is 9.37 Å². The van der Waals surface area contributed by atoms with E-state index >= 15 is 0 Å². The summed E-state index contributed by atoms with van der Waals surface area (Å²) in [6.45, 7) is 32.1. The first-order valence-electron chi connectivity index (χ1n) is 30.0. The van der Waals surface area contributed by atoms with Crippen LogP contribution in [0.3, 0.4) is 0 Å². The molecule has 0 saturated heterocycles. The summed E-state index contributed by atoms with van der Waals surface area (Å²) < 4.78 is 17.7. The maximum absolute atomic E-state index is 12.7. The number of hydrogen-bond acceptors (Lipinski definition) is 3. The van der Waals surface area contributed by atoms with Gasteiger partial charge in [-0.05, 0) is 163 Å². The molecule has 2 aliphatic rings. The minimum absolute atomic E-state index is 0. The van der Waals surface area contributed by atoms with Gasteiger partial charge < -0.3 is 18.9 Å². The molecule has 0 atom stereocenters. The van der Waals surface area contributed by atoms with E-state index in [0.29, 0.717) is 0 Å². The summed E-state index contributed by atoms with van der Waals surface area (Å²) in [5, 5.41) is 6.01. The molecule has 0 unspecified atom stereocenters. The van der Waals surface area contributed by atoms with Gasteiger partial charge in [0.15, 0.2) is 0 Å². The van der Waals surface area contributed by atoms with Crippen LogP contribution in [0.4, 0.5) is 21.5 Å². The molecule has 0 aliphatic carbocycles. The van der Waals surface area contributed by atoms with Gasteiger partial charge in [0.05, 0.1) is 22.2 Å². The third kappa shape index (κ3) is 9.20. The second-order valence-corrected chi connectivity index (χ2v) is 28.0. The third-order valence-corrected chi connectivity index (χ3v) is 18.2. The molecule has 15 rings (SSSR count). The van der Waals surface area contributed by atoms with E-state index in [1.54, 1.807) is 6.07 Å². The largest absolute Gasteiger partial charge is 0.333 e. The molecule has 1 radical (unpaired) electrons. The van der Waals surface area contributed by atoms with Crippen LogP contribution in [-0.4, -0.2) is 25.6 Å². The average molecular weight is 1300 g/mol. The van der Waals surface area contributed by atoms with Crippen LogP contribution < -0.4 is 21.3 Å². The van der Waals surface area contributed by atoms with Crippen molar-refractivity contribution < 1.29 is 24.5 Å². The molecule has 0 fully saturated rings. The fraction of sp³-hybridized carbons (Fsp3) is 0.231. The summed E-state index contributed by atoms with van der Waals surface area (Å²) in [5.41, 5.74) is 27.2. The number of pyridine rings is 2. The van der Waals surface area contributed by atoms with Gasteiger partial charge in [-0.25, -0.2) is 0 Å². The SMILES string of the molecule is CC(C)(C)c1ccc(N2c3ccc(C(C)(C)C)cc3B3c4c2cc(-c2cc[c-]c5c2c2ccccc2n2c6ccccc6nc52)cc4-n2c4ccc(C(C)(C)C)cc4c4cc(C(C)(C)C)cc3c42)cc1.Cc1cnc(-c2[c-]cc(F)cc2)cc1C.[Ir]. The number of aryl methyl sites for hydroxylation is 2. The Balaban J connectivity index is 0.000000375. The van der Waals surface area contributed by atoms with Crippen molar-refractivity contribution in [2.75, 3.05) is 4.90 Å². The number of fused-ring (bicyclic) bond motifs is 15. The van der Waals surface area contributed by atoms with Gasteiger partial charge in [0.1, 0.15) is 0 Å². The van der Waals surface area contributed by atoms with E-state index in [-0.39, 0.29) is 54.3 Å². The van der Waals surface area contributed by atoms with E-state index in [4.69, 9.17) is 4.98 Å². The quantitative estimate of drug-likeness (QED) is 0.101. The van der Waals surface area contributed by atoms with Crippen LogP contribution in [0, 0.1) is 31.8 Å². The van der Waals surface area contributed by atoms with E-state index in [0.717, 1.165) is 50.1 Å². The minimum atomic E-state index is -0.275. The summed E-state index contributed by atoms with van der Waals surface area (Å²) in [7, 11) is 0. The fourth-order valence-corrected chi connectivity index (χ4v) is 13.3. The Kier molecular flexibility index (Phi) is 13.4. The molecule has 5 nitrogen and oxygen atoms in total. The second kappa shape index (κ2) is 20.2. The molecule has 9 aromatic carbocycles. The topological polar surface area (TPSA) is 38.4 Å². The number of anilines is 3. The van der Waals surface area contributed by atoms with Crippen LogP contribution in [0.5, 0.6) is 0 Å². The summed E-state index contributed by atoms with van der Waals surface area (Å²) in [5.74, 6) is -0.275. The smallest absolute Gasteiger partial charge is 0.252 e. The zero-order valence-electron chi connectivity index (χ0n) is 51.8. The molecule has 0 saturated carbocycles. The molecule has 86 heavy (non-hydrogen) atoms. The van der Waals surface area contributed by atoms with Crippen LogP contribution in [-0.2, 0) is 41.8 Å². The van der Waals surface area contributed by atoms with Crippen molar-refractivity contribution in [3.8, 4) is 28.1 Å². The van der Waals surface area contributed by atoms with Crippen molar-refractivity contribution in [3.63, 3.8) is 0 Å². The molecule has 0 N–H and O–H groups in total. The van der Waals surface area contributed by atoms with E-state index in [2.05, 4.69) is 260 Å². The maximum Gasteiger partial charge on any atom is 0.252 e. The van der Waals surface area contributed by atoms with E-state index in [1.165, 1.54) is 117 Å². The average Bonchev–Trinajstić information content (AvgIpc) is 1.32. The Morgan fingerprint density at radius 2 is 1.16 bits per heavy atom. The monoisotopic (exact) mass is 1300 g/mol.